The fourth-order valence-corrected chi connectivity index (χ4v) is 3.07. The molecule has 0 radical (unpaired) electrons. The van der Waals surface area contributed by atoms with E-state index in [2.05, 4.69) is 47.8 Å². The van der Waals surface area contributed by atoms with Gasteiger partial charge < -0.3 is 16.2 Å². The molecule has 0 heterocycles. The van der Waals surface area contributed by atoms with Gasteiger partial charge in [-0.1, -0.05) is 36.4 Å². The molecule has 3 rings (SSSR count). The average Bonchev–Trinajstić information content (AvgIpc) is 2.53. The number of rotatable bonds is 4. The molecule has 0 saturated carbocycles. The van der Waals surface area contributed by atoms with Gasteiger partial charge in [-0.2, -0.15) is 0 Å². The van der Waals surface area contributed by atoms with Gasteiger partial charge in [0.15, 0.2) is 0 Å². The topological polar surface area (TPSA) is 58.3 Å². The van der Waals surface area contributed by atoms with Crippen LogP contribution in [-0.4, -0.2) is 11.7 Å². The molecule has 2 aromatic carbocycles. The molecule has 0 bridgehead atoms. The summed E-state index contributed by atoms with van der Waals surface area (Å²) < 4.78 is 0. The van der Waals surface area contributed by atoms with E-state index in [0.717, 1.165) is 37.2 Å². The van der Waals surface area contributed by atoms with Crippen molar-refractivity contribution >= 4 is 10.8 Å². The molecule has 1 atom stereocenters. The van der Waals surface area contributed by atoms with Crippen LogP contribution in [0.1, 0.15) is 24.8 Å². The predicted octanol–water partition coefficient (Wildman–Crippen LogP) is 2.89. The van der Waals surface area contributed by atoms with Crippen LogP contribution in [-0.2, 0) is 6.54 Å². The average molecular weight is 282 g/mol. The normalized spacial score (nSPS) is 19.0. The third kappa shape index (κ3) is 3.03. The van der Waals surface area contributed by atoms with Crippen molar-refractivity contribution in [2.24, 2.45) is 11.7 Å². The lowest BCUT2D eigenvalue weighted by Gasteiger charge is -2.26. The summed E-state index contributed by atoms with van der Waals surface area (Å²) in [5, 5.41) is 15.4. The number of fused-ring (bicyclic) bond motifs is 1. The second-order valence-corrected chi connectivity index (χ2v) is 5.75. The Morgan fingerprint density at radius 3 is 2.76 bits per heavy atom. The van der Waals surface area contributed by atoms with Gasteiger partial charge in [0.05, 0.1) is 6.61 Å². The maximum atomic E-state index is 9.49. The van der Waals surface area contributed by atoms with Crippen LogP contribution in [0.5, 0.6) is 0 Å². The molecule has 21 heavy (non-hydrogen) atoms. The molecule has 3 heteroatoms. The molecule has 1 aliphatic carbocycles. The van der Waals surface area contributed by atoms with Gasteiger partial charge in [0.2, 0.25) is 0 Å². The molecule has 0 aliphatic heterocycles. The second-order valence-electron chi connectivity index (χ2n) is 5.75. The van der Waals surface area contributed by atoms with Crippen LogP contribution in [0.2, 0.25) is 0 Å². The molecule has 1 unspecified atom stereocenters. The highest BCUT2D eigenvalue weighted by atomic mass is 16.3. The van der Waals surface area contributed by atoms with E-state index in [-0.39, 0.29) is 12.5 Å². The van der Waals surface area contributed by atoms with E-state index in [1.54, 1.807) is 0 Å². The largest absolute Gasteiger partial charge is 0.401 e. The highest BCUT2D eigenvalue weighted by molar-refractivity contribution is 5.82. The summed E-state index contributed by atoms with van der Waals surface area (Å²) in [6, 6.07) is 14.9. The molecule has 110 valence electrons. The van der Waals surface area contributed by atoms with Crippen LogP contribution < -0.4 is 11.1 Å². The first-order valence-electron chi connectivity index (χ1n) is 7.59. The first kappa shape index (κ1) is 14.0. The van der Waals surface area contributed by atoms with Crippen LogP contribution in [0.25, 0.3) is 10.8 Å². The van der Waals surface area contributed by atoms with E-state index in [1.807, 2.05) is 0 Å². The Kier molecular flexibility index (Phi) is 4.11. The molecule has 0 fully saturated rings. The monoisotopic (exact) mass is 282 g/mol. The van der Waals surface area contributed by atoms with Crippen LogP contribution in [0.3, 0.4) is 0 Å². The van der Waals surface area contributed by atoms with Gasteiger partial charge in [-0.3, -0.25) is 0 Å². The van der Waals surface area contributed by atoms with Crippen molar-refractivity contribution in [3.8, 4) is 0 Å². The predicted molar refractivity (Wildman–Crippen MR) is 86.4 cm³/mol. The van der Waals surface area contributed by atoms with E-state index < -0.39 is 0 Å². The Balaban J connectivity index is 1.76. The Bertz CT molecular complexity index is 663. The van der Waals surface area contributed by atoms with Crippen LogP contribution in [0.15, 0.2) is 53.9 Å². The lowest BCUT2D eigenvalue weighted by atomic mass is 9.90. The fourth-order valence-electron chi connectivity index (χ4n) is 3.07. The number of benzene rings is 2. The van der Waals surface area contributed by atoms with E-state index in [0.29, 0.717) is 0 Å². The summed E-state index contributed by atoms with van der Waals surface area (Å²) in [5.74, 6) is 0.166. The van der Waals surface area contributed by atoms with Crippen molar-refractivity contribution < 1.29 is 5.11 Å². The highest BCUT2D eigenvalue weighted by Crippen LogP contribution is 2.26. The first-order valence-corrected chi connectivity index (χ1v) is 7.59. The maximum absolute atomic E-state index is 9.49. The molecule has 0 saturated heterocycles. The minimum absolute atomic E-state index is 0.166. The summed E-state index contributed by atoms with van der Waals surface area (Å²) in [5.41, 5.74) is 9.28. The van der Waals surface area contributed by atoms with E-state index in [4.69, 9.17) is 5.73 Å². The van der Waals surface area contributed by atoms with Crippen molar-refractivity contribution in [2.45, 2.75) is 25.8 Å². The molecular formula is C18H22N2O. The number of aliphatic hydroxyl groups excluding tert-OH is 1. The summed E-state index contributed by atoms with van der Waals surface area (Å²) >= 11 is 0. The Morgan fingerprint density at radius 1 is 1.14 bits per heavy atom. The quantitative estimate of drug-likeness (QED) is 0.808. The third-order valence-corrected chi connectivity index (χ3v) is 4.27. The number of aliphatic hydroxyl groups is 1. The first-order chi connectivity index (χ1) is 10.3. The number of hydrogen-bond acceptors (Lipinski definition) is 3. The number of allylic oxidation sites excluding steroid dienone is 1. The van der Waals surface area contributed by atoms with Gasteiger partial charge in [0.1, 0.15) is 0 Å². The molecule has 2 aromatic rings. The van der Waals surface area contributed by atoms with Crippen LogP contribution >= 0.6 is 0 Å². The van der Waals surface area contributed by atoms with E-state index >= 15 is 0 Å². The molecule has 3 nitrogen and oxygen atoms in total. The van der Waals surface area contributed by atoms with Crippen molar-refractivity contribution in [3.05, 3.63) is 59.4 Å². The molecule has 0 amide bonds. The Labute approximate surface area is 125 Å². The molecule has 1 aliphatic rings. The molecule has 0 spiro atoms. The van der Waals surface area contributed by atoms with Crippen molar-refractivity contribution in [1.82, 2.24) is 5.32 Å². The highest BCUT2D eigenvalue weighted by Gasteiger charge is 2.20. The lowest BCUT2D eigenvalue weighted by Crippen LogP contribution is -2.29. The smallest absolute Gasteiger partial charge is 0.0514 e. The molecule has 4 N–H and O–H groups in total. The van der Waals surface area contributed by atoms with Crippen molar-refractivity contribution in [1.29, 1.82) is 0 Å². The SMILES string of the molecule is NC1=C(NCc2ccc3ccccc3c2)C(CO)CCC1. The van der Waals surface area contributed by atoms with Gasteiger partial charge in [-0.05, 0) is 41.7 Å². The number of hydrogen-bond donors (Lipinski definition) is 3. The number of nitrogens with one attached hydrogen (secondary N) is 1. The number of nitrogens with two attached hydrogens (primary N) is 1. The minimum Gasteiger partial charge on any atom is -0.401 e. The van der Waals surface area contributed by atoms with Gasteiger partial charge in [0, 0.05) is 23.9 Å². The van der Waals surface area contributed by atoms with Crippen LogP contribution in [0.4, 0.5) is 0 Å². The zero-order valence-electron chi connectivity index (χ0n) is 12.2. The van der Waals surface area contributed by atoms with Crippen LogP contribution in [0, 0.1) is 5.92 Å². The molecule has 0 aromatic heterocycles. The standard InChI is InChI=1S/C18H22N2O/c19-17-7-3-6-16(12-21)18(17)20-11-13-8-9-14-4-1-2-5-15(14)10-13/h1-2,4-5,8-10,16,20-21H,3,6-7,11-12,19H2. The minimum atomic E-state index is 0.166. The summed E-state index contributed by atoms with van der Waals surface area (Å²) in [4.78, 5) is 0. The zero-order valence-corrected chi connectivity index (χ0v) is 12.2. The third-order valence-electron chi connectivity index (χ3n) is 4.27. The van der Waals surface area contributed by atoms with Crippen molar-refractivity contribution in [3.63, 3.8) is 0 Å². The second kappa shape index (κ2) is 6.19. The van der Waals surface area contributed by atoms with E-state index in [9.17, 15) is 5.11 Å². The van der Waals surface area contributed by atoms with Gasteiger partial charge in [-0.25, -0.2) is 0 Å². The van der Waals surface area contributed by atoms with E-state index in [1.165, 1.54) is 16.3 Å². The van der Waals surface area contributed by atoms with Gasteiger partial charge in [-0.15, -0.1) is 0 Å². The molecular weight excluding hydrogens is 260 g/mol. The van der Waals surface area contributed by atoms with Crippen molar-refractivity contribution in [2.75, 3.05) is 6.61 Å². The van der Waals surface area contributed by atoms with Gasteiger partial charge >= 0.3 is 0 Å². The van der Waals surface area contributed by atoms with Gasteiger partial charge in [0.25, 0.3) is 0 Å². The Hall–Kier alpha value is -2.00. The summed E-state index contributed by atoms with van der Waals surface area (Å²) in [6.45, 7) is 0.915. The maximum Gasteiger partial charge on any atom is 0.0514 e. The zero-order chi connectivity index (χ0) is 14.7. The fraction of sp³-hybridized carbons (Fsp3) is 0.333. The lowest BCUT2D eigenvalue weighted by molar-refractivity contribution is 0.225. The summed E-state index contributed by atoms with van der Waals surface area (Å²) in [7, 11) is 0. The summed E-state index contributed by atoms with van der Waals surface area (Å²) in [6.07, 6.45) is 3.01. The Morgan fingerprint density at radius 2 is 1.95 bits per heavy atom.